The highest BCUT2D eigenvalue weighted by atomic mass is 35.5. The van der Waals surface area contributed by atoms with Crippen LogP contribution in [0.4, 0.5) is 11.6 Å². The van der Waals surface area contributed by atoms with Gasteiger partial charge in [0.1, 0.15) is 11.6 Å². The molecule has 9 heteroatoms. The van der Waals surface area contributed by atoms with E-state index in [1.807, 2.05) is 84.9 Å². The van der Waals surface area contributed by atoms with Crippen molar-refractivity contribution in [1.29, 1.82) is 0 Å². The summed E-state index contributed by atoms with van der Waals surface area (Å²) in [6.45, 7) is 0. The number of hydrogen-bond acceptors (Lipinski definition) is 5. The summed E-state index contributed by atoms with van der Waals surface area (Å²) in [4.78, 5) is 41.4. The van der Waals surface area contributed by atoms with Gasteiger partial charge in [0.15, 0.2) is 0 Å². The van der Waals surface area contributed by atoms with E-state index >= 15 is 0 Å². The van der Waals surface area contributed by atoms with E-state index < -0.39 is 0 Å². The third-order valence-electron chi connectivity index (χ3n) is 7.45. The van der Waals surface area contributed by atoms with Gasteiger partial charge in [0, 0.05) is 31.9 Å². The number of carbonyl (C=O) groups excluding carboxylic acids is 2. The van der Waals surface area contributed by atoms with Crippen LogP contribution in [0.3, 0.4) is 0 Å². The second-order valence-electron chi connectivity index (χ2n) is 10.4. The molecule has 0 saturated carbocycles. The molecule has 0 unspecified atom stereocenters. The number of nitrogens with zero attached hydrogens (tertiary/aromatic N) is 3. The second-order valence-corrected chi connectivity index (χ2v) is 11.2. The van der Waals surface area contributed by atoms with Gasteiger partial charge in [0.2, 0.25) is 0 Å². The minimum atomic E-state index is -0.382. The van der Waals surface area contributed by atoms with Gasteiger partial charge in [-0.05, 0) is 48.5 Å². The van der Waals surface area contributed by atoms with E-state index in [0.29, 0.717) is 65.5 Å². The SMILES string of the molecule is O=C(Nc1cccc(NC(=O)c2cc(-c3ccccc3Cl)nc3ccccc23)n1)c1cc(-c2ccccc2Cl)nc2ccccc12. The molecule has 0 aliphatic rings. The number of hydrogen-bond donors (Lipinski definition) is 2. The van der Waals surface area contributed by atoms with E-state index in [9.17, 15) is 9.59 Å². The van der Waals surface area contributed by atoms with Crippen molar-refractivity contribution in [2.24, 2.45) is 0 Å². The number of benzene rings is 4. The lowest BCUT2D eigenvalue weighted by atomic mass is 10.0. The average molecular weight is 641 g/mol. The molecule has 7 aromatic rings. The van der Waals surface area contributed by atoms with Gasteiger partial charge in [0.25, 0.3) is 11.8 Å². The molecule has 0 spiro atoms. The quantitative estimate of drug-likeness (QED) is 0.189. The lowest BCUT2D eigenvalue weighted by molar-refractivity contribution is 0.102. The Bertz CT molecular complexity index is 2150. The van der Waals surface area contributed by atoms with Gasteiger partial charge in [0.05, 0.1) is 33.5 Å². The van der Waals surface area contributed by atoms with Crippen LogP contribution in [0.5, 0.6) is 0 Å². The molecule has 0 saturated heterocycles. The van der Waals surface area contributed by atoms with Crippen molar-refractivity contribution in [2.75, 3.05) is 10.6 Å². The van der Waals surface area contributed by atoms with Gasteiger partial charge in [-0.1, -0.05) is 102 Å². The second kappa shape index (κ2) is 12.4. The molecule has 0 bridgehead atoms. The Balaban J connectivity index is 1.19. The van der Waals surface area contributed by atoms with E-state index in [-0.39, 0.29) is 23.5 Å². The predicted molar refractivity (Wildman–Crippen MR) is 185 cm³/mol. The Kier molecular flexibility index (Phi) is 7.84. The fourth-order valence-electron chi connectivity index (χ4n) is 5.28. The van der Waals surface area contributed by atoms with E-state index in [1.54, 1.807) is 42.5 Å². The van der Waals surface area contributed by atoms with Crippen LogP contribution in [-0.4, -0.2) is 26.8 Å². The summed E-state index contributed by atoms with van der Waals surface area (Å²) in [7, 11) is 0. The van der Waals surface area contributed by atoms with Crippen molar-refractivity contribution < 1.29 is 9.59 Å². The van der Waals surface area contributed by atoms with Gasteiger partial charge in [-0.3, -0.25) is 9.59 Å². The van der Waals surface area contributed by atoms with Crippen LogP contribution in [-0.2, 0) is 0 Å². The van der Waals surface area contributed by atoms with Gasteiger partial charge in [-0.15, -0.1) is 0 Å². The number of anilines is 2. The summed E-state index contributed by atoms with van der Waals surface area (Å²) < 4.78 is 0. The maximum absolute atomic E-state index is 13.7. The largest absolute Gasteiger partial charge is 0.306 e. The van der Waals surface area contributed by atoms with E-state index in [4.69, 9.17) is 33.2 Å². The van der Waals surface area contributed by atoms with Crippen LogP contribution in [0, 0.1) is 0 Å². The normalized spacial score (nSPS) is 11.0. The molecule has 0 radical (unpaired) electrons. The monoisotopic (exact) mass is 639 g/mol. The highest BCUT2D eigenvalue weighted by Gasteiger charge is 2.18. The highest BCUT2D eigenvalue weighted by molar-refractivity contribution is 6.33. The molecular weight excluding hydrogens is 617 g/mol. The van der Waals surface area contributed by atoms with Crippen molar-refractivity contribution in [3.05, 3.63) is 149 Å². The van der Waals surface area contributed by atoms with E-state index in [2.05, 4.69) is 15.6 Å². The van der Waals surface area contributed by atoms with Crippen molar-refractivity contribution in [3.63, 3.8) is 0 Å². The number of nitrogens with one attached hydrogen (secondary N) is 2. The first-order valence-corrected chi connectivity index (χ1v) is 15.1. The van der Waals surface area contributed by atoms with Crippen molar-refractivity contribution in [2.45, 2.75) is 0 Å². The fraction of sp³-hybridized carbons (Fsp3) is 0. The number of halogens is 2. The first-order chi connectivity index (χ1) is 22.4. The maximum Gasteiger partial charge on any atom is 0.257 e. The molecule has 3 heterocycles. The number of para-hydroxylation sites is 2. The first kappa shape index (κ1) is 29.1. The van der Waals surface area contributed by atoms with Crippen molar-refractivity contribution >= 4 is 68.5 Å². The number of carbonyl (C=O) groups is 2. The molecule has 2 N–H and O–H groups in total. The summed E-state index contributed by atoms with van der Waals surface area (Å²) in [5, 5.41) is 8.17. The molecule has 2 amide bonds. The summed E-state index contributed by atoms with van der Waals surface area (Å²) in [6.07, 6.45) is 0. The summed E-state index contributed by atoms with van der Waals surface area (Å²) in [6, 6.07) is 38.0. The Labute approximate surface area is 273 Å². The molecule has 0 aliphatic carbocycles. The minimum absolute atomic E-state index is 0.263. The van der Waals surface area contributed by atoms with Crippen molar-refractivity contribution in [3.8, 4) is 22.5 Å². The topological polar surface area (TPSA) is 96.9 Å². The Morgan fingerprint density at radius 1 is 0.478 bits per heavy atom. The number of pyridine rings is 3. The van der Waals surface area contributed by atoms with Gasteiger partial charge < -0.3 is 10.6 Å². The van der Waals surface area contributed by atoms with Crippen LogP contribution in [0.2, 0.25) is 10.0 Å². The molecule has 0 aliphatic heterocycles. The molecule has 3 aromatic heterocycles. The van der Waals surface area contributed by atoms with Crippen LogP contribution in [0.1, 0.15) is 20.7 Å². The Morgan fingerprint density at radius 2 is 0.891 bits per heavy atom. The molecular formula is C37H23Cl2N5O2. The molecule has 0 atom stereocenters. The molecule has 222 valence electrons. The predicted octanol–water partition coefficient (Wildman–Crippen LogP) is 9.32. The number of rotatable bonds is 6. The zero-order valence-electron chi connectivity index (χ0n) is 24.0. The zero-order chi connectivity index (χ0) is 31.6. The third kappa shape index (κ3) is 5.77. The molecule has 46 heavy (non-hydrogen) atoms. The lowest BCUT2D eigenvalue weighted by Gasteiger charge is -2.13. The smallest absolute Gasteiger partial charge is 0.257 e. The van der Waals surface area contributed by atoms with Crippen LogP contribution in [0.25, 0.3) is 44.3 Å². The Morgan fingerprint density at radius 3 is 1.35 bits per heavy atom. The molecule has 0 fully saturated rings. The molecule has 4 aromatic carbocycles. The summed E-state index contributed by atoms with van der Waals surface area (Å²) in [5.41, 5.74) is 4.70. The average Bonchev–Trinajstić information content (AvgIpc) is 3.08. The van der Waals surface area contributed by atoms with Crippen LogP contribution < -0.4 is 10.6 Å². The van der Waals surface area contributed by atoms with Crippen molar-refractivity contribution in [1.82, 2.24) is 15.0 Å². The molecule has 7 rings (SSSR count). The molecule has 7 nitrogen and oxygen atoms in total. The standard InChI is InChI=1S/C37H23Cl2N5O2/c38-28-14-5-1-12-24(28)32-20-26(22-10-3-7-16-30(22)40-32)36(45)43-34-18-9-19-35(42-34)44-37(46)27-21-33(25-13-2-6-15-29(25)39)41-31-17-8-4-11-23(27)31/h1-21H,(H2,42,43,44,45,46). The van der Waals surface area contributed by atoms with Gasteiger partial charge in [-0.2, -0.15) is 0 Å². The minimum Gasteiger partial charge on any atom is -0.306 e. The van der Waals surface area contributed by atoms with E-state index in [0.717, 1.165) is 0 Å². The highest BCUT2D eigenvalue weighted by Crippen LogP contribution is 2.32. The maximum atomic E-state index is 13.7. The lowest BCUT2D eigenvalue weighted by Crippen LogP contribution is -2.17. The van der Waals surface area contributed by atoms with Crippen LogP contribution >= 0.6 is 23.2 Å². The fourth-order valence-corrected chi connectivity index (χ4v) is 5.75. The summed E-state index contributed by atoms with van der Waals surface area (Å²) >= 11 is 12.9. The number of aromatic nitrogens is 3. The van der Waals surface area contributed by atoms with Gasteiger partial charge in [-0.25, -0.2) is 15.0 Å². The number of fused-ring (bicyclic) bond motifs is 2. The van der Waals surface area contributed by atoms with Crippen LogP contribution in [0.15, 0.2) is 127 Å². The van der Waals surface area contributed by atoms with E-state index in [1.165, 1.54) is 0 Å². The number of amides is 2. The Hall–Kier alpha value is -5.63. The zero-order valence-corrected chi connectivity index (χ0v) is 25.6. The van der Waals surface area contributed by atoms with Gasteiger partial charge >= 0.3 is 0 Å². The third-order valence-corrected chi connectivity index (χ3v) is 8.11. The first-order valence-electron chi connectivity index (χ1n) is 14.3. The summed E-state index contributed by atoms with van der Waals surface area (Å²) in [5.74, 6) is -0.238.